The van der Waals surface area contributed by atoms with Crippen LogP contribution in [0.5, 0.6) is 0 Å². The highest BCUT2D eigenvalue weighted by Crippen LogP contribution is 2.12. The lowest BCUT2D eigenvalue weighted by molar-refractivity contribution is 0.0773. The maximum absolute atomic E-state index is 12.0. The van der Waals surface area contributed by atoms with Gasteiger partial charge in [0.05, 0.1) is 6.07 Å². The van der Waals surface area contributed by atoms with Crippen LogP contribution in [0.4, 0.5) is 0 Å². The molecule has 0 saturated heterocycles. The van der Waals surface area contributed by atoms with Crippen LogP contribution in [0, 0.1) is 25.2 Å². The second-order valence-corrected chi connectivity index (χ2v) is 4.10. The second-order valence-electron chi connectivity index (χ2n) is 4.10. The Balaban J connectivity index is 3.01. The van der Waals surface area contributed by atoms with E-state index in [2.05, 4.69) is 0 Å². The van der Waals surface area contributed by atoms with E-state index in [1.165, 1.54) is 4.90 Å². The van der Waals surface area contributed by atoms with Gasteiger partial charge in [0.25, 0.3) is 5.91 Å². The summed E-state index contributed by atoms with van der Waals surface area (Å²) in [6.07, 6.45) is 0. The monoisotopic (exact) mass is 216 g/mol. The number of carbonyl (C=O) groups is 1. The van der Waals surface area contributed by atoms with E-state index >= 15 is 0 Å². The van der Waals surface area contributed by atoms with E-state index in [0.29, 0.717) is 5.56 Å². The Morgan fingerprint density at radius 1 is 1.31 bits per heavy atom. The van der Waals surface area contributed by atoms with E-state index in [-0.39, 0.29) is 5.91 Å². The number of carbonyl (C=O) groups excluding carboxylic acids is 1. The number of amides is 1. The van der Waals surface area contributed by atoms with Crippen LogP contribution < -0.4 is 0 Å². The molecule has 0 bridgehead atoms. The zero-order valence-corrected chi connectivity index (χ0v) is 10.1. The Bertz CT molecular complexity index is 425. The van der Waals surface area contributed by atoms with E-state index in [9.17, 15) is 4.79 Å². The van der Waals surface area contributed by atoms with Crippen molar-refractivity contribution in [3.05, 3.63) is 34.9 Å². The molecule has 16 heavy (non-hydrogen) atoms. The fourth-order valence-corrected chi connectivity index (χ4v) is 1.56. The average molecular weight is 216 g/mol. The van der Waals surface area contributed by atoms with Crippen LogP contribution in [0.2, 0.25) is 0 Å². The standard InChI is InChI=1S/C13H16N2O/c1-9-5-10(2)7-12(6-9)13(16)15(4)11(3)8-14/h5-7,11H,1-4H3. The van der Waals surface area contributed by atoms with Crippen molar-refractivity contribution in [2.24, 2.45) is 0 Å². The van der Waals surface area contributed by atoms with Crippen molar-refractivity contribution in [3.8, 4) is 6.07 Å². The highest BCUT2D eigenvalue weighted by atomic mass is 16.2. The average Bonchev–Trinajstić information content (AvgIpc) is 2.24. The van der Waals surface area contributed by atoms with Gasteiger partial charge in [0, 0.05) is 12.6 Å². The zero-order chi connectivity index (χ0) is 12.3. The highest BCUT2D eigenvalue weighted by Gasteiger charge is 2.17. The van der Waals surface area contributed by atoms with E-state index in [4.69, 9.17) is 5.26 Å². The summed E-state index contributed by atoms with van der Waals surface area (Å²) in [5.74, 6) is -0.110. The molecule has 1 aromatic rings. The van der Waals surface area contributed by atoms with Gasteiger partial charge < -0.3 is 4.90 Å². The summed E-state index contributed by atoms with van der Waals surface area (Å²) in [4.78, 5) is 13.5. The molecule has 3 heteroatoms. The Hall–Kier alpha value is -1.82. The van der Waals surface area contributed by atoms with Gasteiger partial charge in [-0.3, -0.25) is 4.79 Å². The topological polar surface area (TPSA) is 44.1 Å². The number of rotatable bonds is 2. The molecule has 0 N–H and O–H groups in total. The Morgan fingerprint density at radius 2 is 1.81 bits per heavy atom. The van der Waals surface area contributed by atoms with Gasteiger partial charge >= 0.3 is 0 Å². The number of aryl methyl sites for hydroxylation is 2. The molecule has 1 rings (SSSR count). The molecule has 0 aliphatic rings. The summed E-state index contributed by atoms with van der Waals surface area (Å²) < 4.78 is 0. The van der Waals surface area contributed by atoms with Gasteiger partial charge in [0.1, 0.15) is 6.04 Å². The number of hydrogen-bond acceptors (Lipinski definition) is 2. The van der Waals surface area contributed by atoms with E-state index in [0.717, 1.165) is 11.1 Å². The largest absolute Gasteiger partial charge is 0.326 e. The predicted molar refractivity (Wildman–Crippen MR) is 63.1 cm³/mol. The smallest absolute Gasteiger partial charge is 0.254 e. The van der Waals surface area contributed by atoms with Crippen molar-refractivity contribution in [1.29, 1.82) is 5.26 Å². The predicted octanol–water partition coefficient (Wildman–Crippen LogP) is 2.29. The molecule has 1 unspecified atom stereocenters. The quantitative estimate of drug-likeness (QED) is 0.761. The fraction of sp³-hybridized carbons (Fsp3) is 0.385. The Kier molecular flexibility index (Phi) is 3.68. The molecule has 3 nitrogen and oxygen atoms in total. The third kappa shape index (κ3) is 2.60. The minimum atomic E-state index is -0.409. The van der Waals surface area contributed by atoms with E-state index in [1.807, 2.05) is 38.1 Å². The number of nitrogens with zero attached hydrogens (tertiary/aromatic N) is 2. The van der Waals surface area contributed by atoms with Crippen molar-refractivity contribution in [2.45, 2.75) is 26.8 Å². The van der Waals surface area contributed by atoms with Crippen LogP contribution in [-0.4, -0.2) is 23.9 Å². The van der Waals surface area contributed by atoms with E-state index in [1.54, 1.807) is 14.0 Å². The third-order valence-corrected chi connectivity index (χ3v) is 2.56. The zero-order valence-electron chi connectivity index (χ0n) is 10.1. The first kappa shape index (κ1) is 12.3. The Labute approximate surface area is 96.3 Å². The first-order valence-corrected chi connectivity index (χ1v) is 5.20. The molecule has 1 amide bonds. The van der Waals surface area contributed by atoms with Crippen molar-refractivity contribution < 1.29 is 4.79 Å². The first-order valence-electron chi connectivity index (χ1n) is 5.20. The van der Waals surface area contributed by atoms with Crippen LogP contribution >= 0.6 is 0 Å². The van der Waals surface area contributed by atoms with Crippen LogP contribution in [0.3, 0.4) is 0 Å². The molecule has 0 radical (unpaired) electrons. The lowest BCUT2D eigenvalue weighted by atomic mass is 10.1. The molecule has 0 aliphatic carbocycles. The fourth-order valence-electron chi connectivity index (χ4n) is 1.56. The lowest BCUT2D eigenvalue weighted by Gasteiger charge is -2.19. The van der Waals surface area contributed by atoms with E-state index < -0.39 is 6.04 Å². The summed E-state index contributed by atoms with van der Waals surface area (Å²) in [5.41, 5.74) is 2.75. The molecule has 1 atom stereocenters. The number of benzene rings is 1. The molecule has 0 heterocycles. The van der Waals surface area contributed by atoms with Gasteiger partial charge in [0.2, 0.25) is 0 Å². The van der Waals surface area contributed by atoms with Crippen LogP contribution in [0.15, 0.2) is 18.2 Å². The molecule has 0 fully saturated rings. The maximum Gasteiger partial charge on any atom is 0.254 e. The second kappa shape index (κ2) is 4.80. The van der Waals surface area contributed by atoms with Gasteiger partial charge in [-0.05, 0) is 32.9 Å². The summed E-state index contributed by atoms with van der Waals surface area (Å²) in [7, 11) is 1.65. The third-order valence-electron chi connectivity index (χ3n) is 2.56. The highest BCUT2D eigenvalue weighted by molar-refractivity contribution is 5.94. The van der Waals surface area contributed by atoms with Crippen LogP contribution in [0.1, 0.15) is 28.4 Å². The molecule has 84 valence electrons. The van der Waals surface area contributed by atoms with Crippen molar-refractivity contribution in [3.63, 3.8) is 0 Å². The molecular formula is C13H16N2O. The van der Waals surface area contributed by atoms with Crippen LogP contribution in [-0.2, 0) is 0 Å². The van der Waals surface area contributed by atoms with Gasteiger partial charge in [0.15, 0.2) is 0 Å². The normalized spacial score (nSPS) is 11.7. The summed E-state index contributed by atoms with van der Waals surface area (Å²) in [5, 5.41) is 8.77. The van der Waals surface area contributed by atoms with Gasteiger partial charge in [-0.25, -0.2) is 0 Å². The summed E-state index contributed by atoms with van der Waals surface area (Å²) in [6.45, 7) is 5.62. The summed E-state index contributed by atoms with van der Waals surface area (Å²) in [6, 6.07) is 7.35. The van der Waals surface area contributed by atoms with Crippen molar-refractivity contribution >= 4 is 5.91 Å². The molecular weight excluding hydrogens is 200 g/mol. The Morgan fingerprint density at radius 3 is 2.25 bits per heavy atom. The first-order chi connectivity index (χ1) is 7.45. The minimum Gasteiger partial charge on any atom is -0.326 e. The lowest BCUT2D eigenvalue weighted by Crippen LogP contribution is -2.34. The molecule has 0 aliphatic heterocycles. The van der Waals surface area contributed by atoms with Crippen molar-refractivity contribution in [1.82, 2.24) is 4.90 Å². The number of hydrogen-bond donors (Lipinski definition) is 0. The minimum absolute atomic E-state index is 0.110. The SMILES string of the molecule is Cc1cc(C)cc(C(=O)N(C)C(C)C#N)c1. The molecule has 1 aromatic carbocycles. The summed E-state index contributed by atoms with van der Waals surface area (Å²) >= 11 is 0. The molecule has 0 aromatic heterocycles. The molecule has 0 spiro atoms. The van der Waals surface area contributed by atoms with Gasteiger partial charge in [-0.15, -0.1) is 0 Å². The number of nitriles is 1. The molecule has 0 saturated carbocycles. The van der Waals surface area contributed by atoms with Crippen LogP contribution in [0.25, 0.3) is 0 Å². The van der Waals surface area contributed by atoms with Crippen molar-refractivity contribution in [2.75, 3.05) is 7.05 Å². The van der Waals surface area contributed by atoms with Gasteiger partial charge in [-0.1, -0.05) is 17.2 Å². The maximum atomic E-state index is 12.0. The van der Waals surface area contributed by atoms with Gasteiger partial charge in [-0.2, -0.15) is 5.26 Å².